The number of nitrogens with zero attached hydrogens (tertiary/aromatic N) is 1. The van der Waals surface area contributed by atoms with Crippen LogP contribution < -0.4 is 5.11 Å². The van der Waals surface area contributed by atoms with Gasteiger partial charge in [0.15, 0.2) is 0 Å². The van der Waals surface area contributed by atoms with Crippen molar-refractivity contribution in [2.75, 3.05) is 11.9 Å². The van der Waals surface area contributed by atoms with Crippen LogP contribution in [0, 0.1) is 0 Å². The molecule has 1 unspecified atom stereocenters. The molecule has 4 heteroatoms. The van der Waals surface area contributed by atoms with Gasteiger partial charge in [-0.05, 0) is 33.6 Å². The Morgan fingerprint density at radius 3 is 2.50 bits per heavy atom. The molecule has 2 atom stereocenters. The topological polar surface area (TPSA) is 40.1 Å². The molecule has 1 aliphatic heterocycles. The molecule has 1 fully saturated rings. The van der Waals surface area contributed by atoms with Gasteiger partial charge >= 0.3 is 0 Å². The van der Waals surface area contributed by atoms with E-state index >= 15 is 0 Å². The van der Waals surface area contributed by atoms with Gasteiger partial charge in [-0.1, -0.05) is 15.9 Å². The van der Waals surface area contributed by atoms with Gasteiger partial charge in [-0.3, -0.25) is 4.48 Å². The summed E-state index contributed by atoms with van der Waals surface area (Å²) < 4.78 is 0.124. The highest BCUT2D eigenvalue weighted by Gasteiger charge is 2.49. The highest BCUT2D eigenvalue weighted by atomic mass is 79.9. The van der Waals surface area contributed by atoms with E-state index < -0.39 is 6.09 Å². The molecule has 1 saturated heterocycles. The molecule has 0 radical (unpaired) electrons. The lowest BCUT2D eigenvalue weighted by atomic mass is 9.89. The van der Waals surface area contributed by atoms with Crippen LogP contribution in [0.2, 0.25) is 0 Å². The maximum Gasteiger partial charge on any atom is 0.258 e. The quantitative estimate of drug-likeness (QED) is 0.578. The van der Waals surface area contributed by atoms with Crippen LogP contribution in [-0.2, 0) is 0 Å². The molecule has 0 spiro atoms. The summed E-state index contributed by atoms with van der Waals surface area (Å²) in [6, 6.07) is 0.193. The van der Waals surface area contributed by atoms with Crippen molar-refractivity contribution in [2.24, 2.45) is 0 Å². The maximum absolute atomic E-state index is 11.7. The minimum absolute atomic E-state index is 0.124. The van der Waals surface area contributed by atoms with E-state index in [4.69, 9.17) is 0 Å². The van der Waals surface area contributed by atoms with Gasteiger partial charge < -0.3 is 9.90 Å². The largest absolute Gasteiger partial charge is 0.498 e. The number of piperidine rings is 1. The second kappa shape index (κ2) is 5.05. The van der Waals surface area contributed by atoms with Crippen LogP contribution in [0.3, 0.4) is 0 Å². The number of carboxylic acid groups (broad SMARTS) is 1. The van der Waals surface area contributed by atoms with Gasteiger partial charge in [0.1, 0.15) is 0 Å². The summed E-state index contributed by atoms with van der Waals surface area (Å²) >= 11 is 3.43. The molecule has 0 saturated carbocycles. The Morgan fingerprint density at radius 1 is 1.44 bits per heavy atom. The van der Waals surface area contributed by atoms with Crippen LogP contribution in [0.1, 0.15) is 46.5 Å². The van der Waals surface area contributed by atoms with Gasteiger partial charge in [-0.2, -0.15) is 0 Å². The van der Waals surface area contributed by atoms with Crippen LogP contribution in [-0.4, -0.2) is 34.0 Å². The molecule has 1 rings (SSSR count). The van der Waals surface area contributed by atoms with Crippen molar-refractivity contribution in [1.82, 2.24) is 0 Å². The van der Waals surface area contributed by atoms with Crippen molar-refractivity contribution in [3.8, 4) is 0 Å². The molecule has 0 aromatic rings. The zero-order valence-corrected chi connectivity index (χ0v) is 12.0. The van der Waals surface area contributed by atoms with Crippen molar-refractivity contribution >= 4 is 22.0 Å². The minimum atomic E-state index is -0.904. The monoisotopic (exact) mass is 291 g/mol. The number of amides is 1. The average Bonchev–Trinajstić information content (AvgIpc) is 2.16. The van der Waals surface area contributed by atoms with Crippen LogP contribution in [0.15, 0.2) is 0 Å². The van der Waals surface area contributed by atoms with E-state index in [1.54, 1.807) is 0 Å². The van der Waals surface area contributed by atoms with Crippen molar-refractivity contribution < 1.29 is 14.4 Å². The summed E-state index contributed by atoms with van der Waals surface area (Å²) in [6.07, 6.45) is 3.13. The molecule has 94 valence electrons. The minimum Gasteiger partial charge on any atom is -0.498 e. The number of quaternary nitrogens is 1. The molecule has 0 aliphatic carbocycles. The number of hydrogen-bond acceptors (Lipinski definition) is 2. The van der Waals surface area contributed by atoms with Gasteiger partial charge in [0, 0.05) is 18.2 Å². The fraction of sp³-hybridized carbons (Fsp3) is 0.917. The highest BCUT2D eigenvalue weighted by Crippen LogP contribution is 2.36. The number of carbonyl (C=O) groups is 1. The molecule has 1 amide bonds. The van der Waals surface area contributed by atoms with E-state index in [0.29, 0.717) is 6.54 Å². The third-order valence-electron chi connectivity index (χ3n) is 3.89. The predicted molar refractivity (Wildman–Crippen MR) is 66.3 cm³/mol. The fourth-order valence-corrected chi connectivity index (χ4v) is 3.56. The molecule has 1 heterocycles. The fourth-order valence-electron chi connectivity index (χ4n) is 3.03. The van der Waals surface area contributed by atoms with Crippen LogP contribution in [0.5, 0.6) is 0 Å². The Balaban J connectivity index is 3.08. The van der Waals surface area contributed by atoms with Gasteiger partial charge in [0.2, 0.25) is 0 Å². The zero-order valence-electron chi connectivity index (χ0n) is 10.5. The lowest BCUT2D eigenvalue weighted by molar-refractivity contribution is -0.946. The molecular weight excluding hydrogens is 270 g/mol. The summed E-state index contributed by atoms with van der Waals surface area (Å²) in [7, 11) is 0. The molecule has 0 bridgehead atoms. The number of rotatable bonds is 2. The van der Waals surface area contributed by atoms with Crippen LogP contribution in [0.4, 0.5) is 4.79 Å². The van der Waals surface area contributed by atoms with Crippen LogP contribution >= 0.6 is 15.9 Å². The van der Waals surface area contributed by atoms with Crippen molar-refractivity contribution in [2.45, 2.75) is 58.0 Å². The Hall–Kier alpha value is -0.0900. The number of halogens is 1. The molecule has 1 aliphatic rings. The molecule has 0 aromatic heterocycles. The summed E-state index contributed by atoms with van der Waals surface area (Å²) in [5, 5.41) is 12.5. The van der Waals surface area contributed by atoms with Crippen molar-refractivity contribution in [3.63, 3.8) is 0 Å². The second-order valence-electron chi connectivity index (χ2n) is 5.66. The van der Waals surface area contributed by atoms with Crippen molar-refractivity contribution in [1.29, 1.82) is 0 Å². The standard InChI is InChI=1S/C12H22BrNO2/c1-12(2,3)14(11(15)16)9-5-4-6-10(14)7-8-13/h10H,4-9H2,1-3H3/t10-,14?/m0/s1. The van der Waals surface area contributed by atoms with Gasteiger partial charge in [-0.15, -0.1) is 0 Å². The Labute approximate surface area is 107 Å². The number of hydrogen-bond donors (Lipinski definition) is 0. The van der Waals surface area contributed by atoms with Gasteiger partial charge in [-0.25, -0.2) is 0 Å². The molecule has 0 N–H and O–H groups in total. The molecule has 3 nitrogen and oxygen atoms in total. The summed E-state index contributed by atoms with van der Waals surface area (Å²) in [5.74, 6) is 0. The van der Waals surface area contributed by atoms with Gasteiger partial charge in [0.05, 0.1) is 18.1 Å². The summed E-state index contributed by atoms with van der Waals surface area (Å²) in [4.78, 5) is 11.7. The average molecular weight is 292 g/mol. The van der Waals surface area contributed by atoms with E-state index in [1.807, 2.05) is 20.8 Å². The third kappa shape index (κ3) is 2.28. The molecule has 0 aromatic carbocycles. The maximum atomic E-state index is 11.7. The third-order valence-corrected chi connectivity index (χ3v) is 4.34. The predicted octanol–water partition coefficient (Wildman–Crippen LogP) is 2.28. The SMILES string of the molecule is CC(C)(C)[N+]1(C(=O)[O-])CCCC[C@H]1CCBr. The van der Waals surface area contributed by atoms with E-state index in [-0.39, 0.29) is 16.1 Å². The van der Waals surface area contributed by atoms with E-state index in [2.05, 4.69) is 15.9 Å². The number of carbonyl (C=O) groups excluding carboxylic acids is 1. The summed E-state index contributed by atoms with van der Waals surface area (Å²) in [5.41, 5.74) is -0.286. The van der Waals surface area contributed by atoms with Gasteiger partial charge in [0.25, 0.3) is 6.09 Å². The van der Waals surface area contributed by atoms with Crippen LogP contribution in [0.25, 0.3) is 0 Å². The zero-order chi connectivity index (χ0) is 12.4. The first-order chi connectivity index (χ1) is 7.36. The Kier molecular flexibility index (Phi) is 4.41. The lowest BCUT2D eigenvalue weighted by Crippen LogP contribution is -2.73. The van der Waals surface area contributed by atoms with E-state index in [9.17, 15) is 9.90 Å². The molecule has 16 heavy (non-hydrogen) atoms. The van der Waals surface area contributed by atoms with Crippen molar-refractivity contribution in [3.05, 3.63) is 0 Å². The number of likely N-dealkylation sites (tertiary alicyclic amines) is 1. The van der Waals surface area contributed by atoms with E-state index in [0.717, 1.165) is 31.0 Å². The second-order valence-corrected chi connectivity index (χ2v) is 6.45. The lowest BCUT2D eigenvalue weighted by Gasteiger charge is -2.55. The Bertz CT molecular complexity index is 260. The summed E-state index contributed by atoms with van der Waals surface area (Å²) in [6.45, 7) is 6.74. The normalized spacial score (nSPS) is 31.4. The first-order valence-electron chi connectivity index (χ1n) is 6.01. The smallest absolute Gasteiger partial charge is 0.258 e. The molecular formula is C12H22BrNO2. The first-order valence-corrected chi connectivity index (χ1v) is 7.14. The number of alkyl halides is 1. The highest BCUT2D eigenvalue weighted by molar-refractivity contribution is 9.09. The first kappa shape index (κ1) is 14.0. The Morgan fingerprint density at radius 2 is 2.06 bits per heavy atom. The van der Waals surface area contributed by atoms with E-state index in [1.165, 1.54) is 0 Å².